The third-order valence-electron chi connectivity index (χ3n) is 3.89. The van der Waals surface area contributed by atoms with E-state index in [9.17, 15) is 0 Å². The van der Waals surface area contributed by atoms with Crippen LogP contribution in [0.25, 0.3) is 22.4 Å². The van der Waals surface area contributed by atoms with E-state index in [1.54, 1.807) is 0 Å². The summed E-state index contributed by atoms with van der Waals surface area (Å²) in [7, 11) is 0. The maximum atomic E-state index is 4.48. The molecule has 0 saturated heterocycles. The van der Waals surface area contributed by atoms with Gasteiger partial charge in [0, 0.05) is 23.4 Å². The van der Waals surface area contributed by atoms with E-state index in [0.717, 1.165) is 30.0 Å². The standard InChI is InChI=1S/C19H21N3/c1-3-20-13-18-14(2)21-22-19(18)17-11-9-16(10-12-17)15-7-5-4-6-8-15/h4-12,20H,3,13H2,1-2H3,(H,21,22). The van der Waals surface area contributed by atoms with Gasteiger partial charge >= 0.3 is 0 Å². The van der Waals surface area contributed by atoms with E-state index in [0.29, 0.717) is 0 Å². The molecule has 1 aromatic heterocycles. The van der Waals surface area contributed by atoms with Crippen molar-refractivity contribution in [3.8, 4) is 22.4 Å². The van der Waals surface area contributed by atoms with E-state index in [1.165, 1.54) is 16.7 Å². The van der Waals surface area contributed by atoms with Crippen molar-refractivity contribution < 1.29 is 0 Å². The van der Waals surface area contributed by atoms with E-state index < -0.39 is 0 Å². The molecule has 0 radical (unpaired) electrons. The quantitative estimate of drug-likeness (QED) is 0.741. The maximum absolute atomic E-state index is 4.48. The Bertz CT molecular complexity index is 727. The van der Waals surface area contributed by atoms with Crippen molar-refractivity contribution in [1.82, 2.24) is 15.5 Å². The summed E-state index contributed by atoms with van der Waals surface area (Å²) in [5.41, 5.74) is 7.03. The first-order chi connectivity index (χ1) is 10.8. The van der Waals surface area contributed by atoms with E-state index in [4.69, 9.17) is 0 Å². The zero-order valence-corrected chi connectivity index (χ0v) is 13.1. The van der Waals surface area contributed by atoms with Crippen LogP contribution < -0.4 is 5.32 Å². The van der Waals surface area contributed by atoms with Crippen molar-refractivity contribution in [3.05, 3.63) is 65.9 Å². The Kier molecular flexibility index (Phi) is 4.35. The lowest BCUT2D eigenvalue weighted by Crippen LogP contribution is -2.12. The molecule has 0 bridgehead atoms. The van der Waals surface area contributed by atoms with Gasteiger partial charge in [-0.25, -0.2) is 0 Å². The Labute approximate surface area is 131 Å². The molecule has 0 aliphatic heterocycles. The molecule has 3 heteroatoms. The van der Waals surface area contributed by atoms with Gasteiger partial charge in [-0.3, -0.25) is 5.10 Å². The van der Waals surface area contributed by atoms with Gasteiger partial charge in [0.05, 0.1) is 5.69 Å². The van der Waals surface area contributed by atoms with Crippen LogP contribution >= 0.6 is 0 Å². The molecule has 0 fully saturated rings. The minimum atomic E-state index is 0.842. The first kappa shape index (κ1) is 14.5. The van der Waals surface area contributed by atoms with Crippen LogP contribution in [-0.4, -0.2) is 16.7 Å². The second kappa shape index (κ2) is 6.58. The van der Waals surface area contributed by atoms with Gasteiger partial charge in [-0.05, 0) is 24.6 Å². The molecule has 1 heterocycles. The molecular weight excluding hydrogens is 270 g/mol. The molecular formula is C19H21N3. The van der Waals surface area contributed by atoms with Gasteiger partial charge in [0.1, 0.15) is 0 Å². The number of H-pyrrole nitrogens is 1. The van der Waals surface area contributed by atoms with Gasteiger partial charge in [-0.15, -0.1) is 0 Å². The molecule has 0 atom stereocenters. The fourth-order valence-corrected chi connectivity index (χ4v) is 2.61. The fraction of sp³-hybridized carbons (Fsp3) is 0.211. The summed E-state index contributed by atoms with van der Waals surface area (Å²) in [6.07, 6.45) is 0. The van der Waals surface area contributed by atoms with E-state index in [2.05, 4.69) is 77.9 Å². The molecule has 3 nitrogen and oxygen atoms in total. The number of nitrogens with zero attached hydrogens (tertiary/aromatic N) is 1. The van der Waals surface area contributed by atoms with Crippen molar-refractivity contribution >= 4 is 0 Å². The van der Waals surface area contributed by atoms with Gasteiger partial charge in [-0.2, -0.15) is 5.10 Å². The lowest BCUT2D eigenvalue weighted by molar-refractivity contribution is 0.725. The molecule has 3 rings (SSSR count). The minimum absolute atomic E-state index is 0.842. The predicted octanol–water partition coefficient (Wildman–Crippen LogP) is 4.16. The summed E-state index contributed by atoms with van der Waals surface area (Å²) in [6.45, 7) is 5.98. The highest BCUT2D eigenvalue weighted by Crippen LogP contribution is 2.27. The van der Waals surface area contributed by atoms with E-state index >= 15 is 0 Å². The topological polar surface area (TPSA) is 40.7 Å². The van der Waals surface area contributed by atoms with Crippen LogP contribution in [0.2, 0.25) is 0 Å². The van der Waals surface area contributed by atoms with Crippen LogP contribution in [0, 0.1) is 6.92 Å². The predicted molar refractivity (Wildman–Crippen MR) is 91.6 cm³/mol. The number of aromatic amines is 1. The summed E-state index contributed by atoms with van der Waals surface area (Å²) in [6, 6.07) is 19.0. The Balaban J connectivity index is 1.90. The Morgan fingerprint density at radius 1 is 0.909 bits per heavy atom. The molecule has 0 aliphatic carbocycles. The highest BCUT2D eigenvalue weighted by Gasteiger charge is 2.11. The molecule has 2 N–H and O–H groups in total. The van der Waals surface area contributed by atoms with Crippen LogP contribution in [0.15, 0.2) is 54.6 Å². The highest BCUT2D eigenvalue weighted by atomic mass is 15.1. The van der Waals surface area contributed by atoms with Gasteiger partial charge in [0.15, 0.2) is 0 Å². The third kappa shape index (κ3) is 2.95. The van der Waals surface area contributed by atoms with Gasteiger partial charge in [0.2, 0.25) is 0 Å². The number of benzene rings is 2. The van der Waals surface area contributed by atoms with Crippen molar-refractivity contribution in [1.29, 1.82) is 0 Å². The number of rotatable bonds is 5. The molecule has 112 valence electrons. The van der Waals surface area contributed by atoms with Crippen LogP contribution in [0.3, 0.4) is 0 Å². The zero-order valence-electron chi connectivity index (χ0n) is 13.1. The summed E-state index contributed by atoms with van der Waals surface area (Å²) >= 11 is 0. The van der Waals surface area contributed by atoms with Gasteiger partial charge in [-0.1, -0.05) is 61.5 Å². The normalized spacial score (nSPS) is 10.8. The third-order valence-corrected chi connectivity index (χ3v) is 3.89. The molecule has 0 saturated carbocycles. The molecule has 0 spiro atoms. The number of aryl methyl sites for hydroxylation is 1. The lowest BCUT2D eigenvalue weighted by atomic mass is 10.0. The molecule has 0 aliphatic rings. The zero-order chi connectivity index (χ0) is 15.4. The Morgan fingerprint density at radius 2 is 1.55 bits per heavy atom. The maximum Gasteiger partial charge on any atom is 0.0968 e. The molecule has 3 aromatic rings. The summed E-state index contributed by atoms with van der Waals surface area (Å²) < 4.78 is 0. The second-order valence-electron chi connectivity index (χ2n) is 5.40. The van der Waals surface area contributed by atoms with E-state index in [1.807, 2.05) is 6.07 Å². The van der Waals surface area contributed by atoms with Gasteiger partial charge < -0.3 is 5.32 Å². The largest absolute Gasteiger partial charge is 0.313 e. The van der Waals surface area contributed by atoms with Crippen LogP contribution in [0.5, 0.6) is 0 Å². The van der Waals surface area contributed by atoms with Crippen LogP contribution in [-0.2, 0) is 6.54 Å². The smallest absolute Gasteiger partial charge is 0.0968 e. The average molecular weight is 291 g/mol. The van der Waals surface area contributed by atoms with Crippen molar-refractivity contribution in [2.45, 2.75) is 20.4 Å². The molecule has 22 heavy (non-hydrogen) atoms. The van der Waals surface area contributed by atoms with Gasteiger partial charge in [0.25, 0.3) is 0 Å². The summed E-state index contributed by atoms with van der Waals surface area (Å²) in [5.74, 6) is 0. The first-order valence-electron chi connectivity index (χ1n) is 7.70. The Morgan fingerprint density at radius 3 is 2.23 bits per heavy atom. The van der Waals surface area contributed by atoms with Crippen molar-refractivity contribution in [2.24, 2.45) is 0 Å². The van der Waals surface area contributed by atoms with Crippen LogP contribution in [0.4, 0.5) is 0 Å². The summed E-state index contributed by atoms with van der Waals surface area (Å²) in [5, 5.41) is 11.0. The average Bonchev–Trinajstić information content (AvgIpc) is 2.94. The molecule has 0 amide bonds. The fourth-order valence-electron chi connectivity index (χ4n) is 2.61. The number of hydrogen-bond donors (Lipinski definition) is 2. The molecule has 2 aromatic carbocycles. The number of nitrogens with one attached hydrogen (secondary N) is 2. The van der Waals surface area contributed by atoms with Crippen molar-refractivity contribution in [3.63, 3.8) is 0 Å². The monoisotopic (exact) mass is 291 g/mol. The summed E-state index contributed by atoms with van der Waals surface area (Å²) in [4.78, 5) is 0. The minimum Gasteiger partial charge on any atom is -0.313 e. The first-order valence-corrected chi connectivity index (χ1v) is 7.70. The SMILES string of the molecule is CCNCc1c(-c2ccc(-c3ccccc3)cc2)n[nH]c1C. The molecule has 0 unspecified atom stereocenters. The highest BCUT2D eigenvalue weighted by molar-refractivity contribution is 5.70. The number of aromatic nitrogens is 2. The Hall–Kier alpha value is -2.39. The lowest BCUT2D eigenvalue weighted by Gasteiger charge is -2.06. The number of hydrogen-bond acceptors (Lipinski definition) is 2. The second-order valence-corrected chi connectivity index (χ2v) is 5.40. The van der Waals surface area contributed by atoms with Crippen molar-refractivity contribution in [2.75, 3.05) is 6.54 Å². The van der Waals surface area contributed by atoms with E-state index in [-0.39, 0.29) is 0 Å². The van der Waals surface area contributed by atoms with Crippen LogP contribution in [0.1, 0.15) is 18.2 Å².